The number of hydrazine groups is 1. The van der Waals surface area contributed by atoms with Crippen LogP contribution in [-0.2, 0) is 18.3 Å². The number of carbonyl (C=O) groups is 3. The zero-order valence-electron chi connectivity index (χ0n) is 20.5. The number of pyridine rings is 1. The first-order valence-electron chi connectivity index (χ1n) is 11.8. The third-order valence-corrected chi connectivity index (χ3v) is 7.38. The zero-order chi connectivity index (χ0) is 25.8. The SMILES string of the molecule is Cc1csc([C@H]2CCCN2C(=O)c2cc(C(=O)NNC(=O)[C@@H](C)Cc3ccccc3)cc(=O)n2C)n1. The molecule has 0 spiro atoms. The molecular formula is C26H29N5O4S. The van der Waals surface area contributed by atoms with Gasteiger partial charge in [0.05, 0.1) is 6.04 Å². The van der Waals surface area contributed by atoms with Crippen LogP contribution in [0.2, 0.25) is 0 Å². The average Bonchev–Trinajstić information content (AvgIpc) is 3.53. The second-order valence-electron chi connectivity index (χ2n) is 9.04. The van der Waals surface area contributed by atoms with E-state index in [1.807, 2.05) is 42.6 Å². The minimum Gasteiger partial charge on any atom is -0.328 e. The summed E-state index contributed by atoms with van der Waals surface area (Å²) in [5, 5.41) is 2.82. The molecule has 3 heterocycles. The summed E-state index contributed by atoms with van der Waals surface area (Å²) in [5.74, 6) is -1.74. The molecule has 1 aliphatic rings. The number of benzene rings is 1. The van der Waals surface area contributed by atoms with Crippen molar-refractivity contribution < 1.29 is 14.4 Å². The van der Waals surface area contributed by atoms with E-state index in [1.165, 1.54) is 29.0 Å². The van der Waals surface area contributed by atoms with Gasteiger partial charge in [-0.25, -0.2) is 4.98 Å². The van der Waals surface area contributed by atoms with E-state index in [0.29, 0.717) is 13.0 Å². The molecule has 3 amide bonds. The summed E-state index contributed by atoms with van der Waals surface area (Å²) in [6, 6.07) is 12.0. The molecule has 0 bridgehead atoms. The van der Waals surface area contributed by atoms with E-state index in [-0.39, 0.29) is 35.0 Å². The van der Waals surface area contributed by atoms with E-state index in [9.17, 15) is 19.2 Å². The molecule has 2 N–H and O–H groups in total. The fourth-order valence-electron chi connectivity index (χ4n) is 4.28. The summed E-state index contributed by atoms with van der Waals surface area (Å²) in [5.41, 5.74) is 6.31. The van der Waals surface area contributed by atoms with Crippen molar-refractivity contribution >= 4 is 29.1 Å². The van der Waals surface area contributed by atoms with Crippen LogP contribution in [-0.4, -0.2) is 38.7 Å². The summed E-state index contributed by atoms with van der Waals surface area (Å²) in [6.45, 7) is 4.22. The Hall–Kier alpha value is -3.79. The van der Waals surface area contributed by atoms with Crippen LogP contribution in [0.4, 0.5) is 0 Å². The third kappa shape index (κ3) is 5.54. The monoisotopic (exact) mass is 507 g/mol. The number of hydrogen-bond acceptors (Lipinski definition) is 6. The predicted octanol–water partition coefficient (Wildman–Crippen LogP) is 2.77. The smallest absolute Gasteiger partial charge is 0.271 e. The quantitative estimate of drug-likeness (QED) is 0.498. The molecule has 1 fully saturated rings. The third-order valence-electron chi connectivity index (χ3n) is 6.31. The topological polar surface area (TPSA) is 113 Å². The van der Waals surface area contributed by atoms with Gasteiger partial charge in [-0.15, -0.1) is 11.3 Å². The zero-order valence-corrected chi connectivity index (χ0v) is 21.3. The Bertz CT molecular complexity index is 1330. The first-order valence-corrected chi connectivity index (χ1v) is 12.7. The standard InChI is InChI=1S/C26H29N5O4S/c1-16(12-18-8-5-4-6-9-18)23(33)28-29-24(34)19-13-21(30(3)22(32)14-19)26(35)31-11-7-10-20(31)25-27-17(2)15-36-25/h4-6,8-9,13-16,20H,7,10-12H2,1-3H3,(H,28,33)(H,29,34)/t16-,20+/m0/s1. The molecule has 0 aliphatic carbocycles. The highest BCUT2D eigenvalue weighted by molar-refractivity contribution is 7.09. The molecule has 3 aromatic rings. The molecule has 0 unspecified atom stereocenters. The van der Waals surface area contributed by atoms with Gasteiger partial charge in [-0.1, -0.05) is 37.3 Å². The lowest BCUT2D eigenvalue weighted by molar-refractivity contribution is -0.125. The molecule has 9 nitrogen and oxygen atoms in total. The Balaban J connectivity index is 1.46. The maximum absolute atomic E-state index is 13.5. The van der Waals surface area contributed by atoms with Crippen molar-refractivity contribution in [3.8, 4) is 0 Å². The summed E-state index contributed by atoms with van der Waals surface area (Å²) in [6.07, 6.45) is 2.14. The minimum atomic E-state index is -0.671. The predicted molar refractivity (Wildman–Crippen MR) is 136 cm³/mol. The first-order chi connectivity index (χ1) is 17.2. The van der Waals surface area contributed by atoms with Gasteiger partial charge in [0, 0.05) is 42.2 Å². The Morgan fingerprint density at radius 3 is 2.61 bits per heavy atom. The Labute approximate surface area is 213 Å². The fourth-order valence-corrected chi connectivity index (χ4v) is 5.23. The van der Waals surface area contributed by atoms with Gasteiger partial charge in [-0.2, -0.15) is 0 Å². The first kappa shape index (κ1) is 25.3. The van der Waals surface area contributed by atoms with Gasteiger partial charge in [0.2, 0.25) is 5.91 Å². The number of amides is 3. The number of rotatable bonds is 6. The highest BCUT2D eigenvalue weighted by Gasteiger charge is 2.33. The van der Waals surface area contributed by atoms with Crippen LogP contribution in [0.1, 0.15) is 62.9 Å². The number of aromatic nitrogens is 2. The van der Waals surface area contributed by atoms with Gasteiger partial charge in [0.1, 0.15) is 10.7 Å². The molecule has 4 rings (SSSR count). The van der Waals surface area contributed by atoms with E-state index in [2.05, 4.69) is 15.8 Å². The minimum absolute atomic E-state index is 0.00157. The van der Waals surface area contributed by atoms with Crippen molar-refractivity contribution in [1.82, 2.24) is 25.3 Å². The number of carbonyl (C=O) groups excluding carboxylic acids is 3. The molecule has 1 aliphatic heterocycles. The highest BCUT2D eigenvalue weighted by Crippen LogP contribution is 2.34. The summed E-state index contributed by atoms with van der Waals surface area (Å²) >= 11 is 1.51. The van der Waals surface area contributed by atoms with Gasteiger partial charge in [0.25, 0.3) is 17.4 Å². The van der Waals surface area contributed by atoms with Gasteiger partial charge < -0.3 is 9.47 Å². The van der Waals surface area contributed by atoms with Crippen molar-refractivity contribution in [2.24, 2.45) is 13.0 Å². The number of hydrogen-bond donors (Lipinski definition) is 2. The van der Waals surface area contributed by atoms with Crippen LogP contribution in [0, 0.1) is 12.8 Å². The highest BCUT2D eigenvalue weighted by atomic mass is 32.1. The van der Waals surface area contributed by atoms with E-state index in [0.717, 1.165) is 35.2 Å². The second kappa shape index (κ2) is 10.9. The molecule has 1 saturated heterocycles. The molecule has 10 heteroatoms. The van der Waals surface area contributed by atoms with Gasteiger partial charge in [0.15, 0.2) is 0 Å². The molecule has 0 saturated carbocycles. The molecule has 1 aromatic carbocycles. The lowest BCUT2D eigenvalue weighted by atomic mass is 10.0. The maximum atomic E-state index is 13.5. The fraction of sp³-hybridized carbons (Fsp3) is 0.346. The number of thiazole rings is 1. The lowest BCUT2D eigenvalue weighted by Crippen LogP contribution is -2.45. The van der Waals surface area contributed by atoms with Crippen LogP contribution in [0.5, 0.6) is 0 Å². The van der Waals surface area contributed by atoms with E-state index in [4.69, 9.17) is 0 Å². The van der Waals surface area contributed by atoms with Crippen LogP contribution in [0.15, 0.2) is 52.6 Å². The molecule has 2 atom stereocenters. The normalized spacial score (nSPS) is 16.0. The molecule has 36 heavy (non-hydrogen) atoms. The summed E-state index contributed by atoms with van der Waals surface area (Å²) < 4.78 is 1.24. The van der Waals surface area contributed by atoms with Crippen LogP contribution < -0.4 is 16.4 Å². The Morgan fingerprint density at radius 2 is 1.92 bits per heavy atom. The Kier molecular flexibility index (Phi) is 7.64. The van der Waals surface area contributed by atoms with Crippen molar-refractivity contribution in [3.05, 3.63) is 85.7 Å². The summed E-state index contributed by atoms with van der Waals surface area (Å²) in [7, 11) is 1.50. The molecule has 0 radical (unpaired) electrons. The van der Waals surface area contributed by atoms with Crippen LogP contribution in [0.25, 0.3) is 0 Å². The number of nitrogens with zero attached hydrogens (tertiary/aromatic N) is 3. The van der Waals surface area contributed by atoms with E-state index < -0.39 is 11.5 Å². The second-order valence-corrected chi connectivity index (χ2v) is 9.93. The van der Waals surface area contributed by atoms with Crippen molar-refractivity contribution in [3.63, 3.8) is 0 Å². The van der Waals surface area contributed by atoms with Crippen LogP contribution >= 0.6 is 11.3 Å². The van der Waals surface area contributed by atoms with Gasteiger partial charge >= 0.3 is 0 Å². The van der Waals surface area contributed by atoms with E-state index >= 15 is 0 Å². The molecule has 2 aromatic heterocycles. The van der Waals surface area contributed by atoms with Crippen molar-refractivity contribution in [2.75, 3.05) is 6.54 Å². The number of likely N-dealkylation sites (tertiary alicyclic amines) is 1. The average molecular weight is 508 g/mol. The van der Waals surface area contributed by atoms with Crippen molar-refractivity contribution in [1.29, 1.82) is 0 Å². The maximum Gasteiger partial charge on any atom is 0.271 e. The number of aryl methyl sites for hydroxylation is 1. The largest absolute Gasteiger partial charge is 0.328 e. The Morgan fingerprint density at radius 1 is 1.17 bits per heavy atom. The lowest BCUT2D eigenvalue weighted by Gasteiger charge is -2.24. The van der Waals surface area contributed by atoms with Gasteiger partial charge in [-0.3, -0.25) is 30.0 Å². The van der Waals surface area contributed by atoms with Crippen molar-refractivity contribution in [2.45, 2.75) is 39.2 Å². The van der Waals surface area contributed by atoms with E-state index in [1.54, 1.807) is 11.8 Å². The van der Waals surface area contributed by atoms with Gasteiger partial charge in [-0.05, 0) is 37.8 Å². The summed E-state index contributed by atoms with van der Waals surface area (Å²) in [4.78, 5) is 57.5. The van der Waals surface area contributed by atoms with Crippen LogP contribution in [0.3, 0.4) is 0 Å². The molecule has 188 valence electrons. The molecular weight excluding hydrogens is 478 g/mol. The number of nitrogens with one attached hydrogen (secondary N) is 2.